The van der Waals surface area contributed by atoms with Crippen LogP contribution < -0.4 is 16.6 Å². The lowest BCUT2D eigenvalue weighted by Crippen LogP contribution is -2.17. The SMILES string of the molecule is CCCC(CCO)CNc1ccnc(NN)n1. The largest absolute Gasteiger partial charge is 0.396 e. The molecule has 1 atom stereocenters. The van der Waals surface area contributed by atoms with Crippen LogP contribution in [0.25, 0.3) is 0 Å². The van der Waals surface area contributed by atoms with Crippen molar-refractivity contribution in [2.75, 3.05) is 23.9 Å². The van der Waals surface area contributed by atoms with Crippen molar-refractivity contribution in [3.05, 3.63) is 12.3 Å². The number of aliphatic hydroxyl groups excluding tert-OH is 1. The summed E-state index contributed by atoms with van der Waals surface area (Å²) < 4.78 is 0. The van der Waals surface area contributed by atoms with Gasteiger partial charge in [0, 0.05) is 19.3 Å². The smallest absolute Gasteiger partial charge is 0.239 e. The number of nitrogens with one attached hydrogen (secondary N) is 2. The molecule has 1 unspecified atom stereocenters. The van der Waals surface area contributed by atoms with Crippen LogP contribution in [0, 0.1) is 5.92 Å². The highest BCUT2D eigenvalue weighted by atomic mass is 16.3. The van der Waals surface area contributed by atoms with E-state index in [2.05, 4.69) is 27.6 Å². The number of hydrogen-bond donors (Lipinski definition) is 4. The summed E-state index contributed by atoms with van der Waals surface area (Å²) in [5, 5.41) is 12.2. The Bertz CT molecular complexity index is 314. The van der Waals surface area contributed by atoms with Crippen molar-refractivity contribution in [2.45, 2.75) is 26.2 Å². The number of nitrogens with zero attached hydrogens (tertiary/aromatic N) is 2. The molecule has 1 heterocycles. The Balaban J connectivity index is 2.46. The van der Waals surface area contributed by atoms with Crippen molar-refractivity contribution in [3.63, 3.8) is 0 Å². The number of aromatic nitrogens is 2. The van der Waals surface area contributed by atoms with Gasteiger partial charge in [0.25, 0.3) is 0 Å². The molecule has 0 amide bonds. The van der Waals surface area contributed by atoms with E-state index < -0.39 is 0 Å². The van der Waals surface area contributed by atoms with E-state index in [1.54, 1.807) is 12.3 Å². The molecule has 17 heavy (non-hydrogen) atoms. The summed E-state index contributed by atoms with van der Waals surface area (Å²) in [7, 11) is 0. The summed E-state index contributed by atoms with van der Waals surface area (Å²) >= 11 is 0. The van der Waals surface area contributed by atoms with Crippen LogP contribution in [0.4, 0.5) is 11.8 Å². The van der Waals surface area contributed by atoms with Gasteiger partial charge in [0.15, 0.2) is 0 Å². The van der Waals surface area contributed by atoms with Crippen LogP contribution in [0.3, 0.4) is 0 Å². The third-order valence-electron chi connectivity index (χ3n) is 2.59. The van der Waals surface area contributed by atoms with Crippen molar-refractivity contribution in [2.24, 2.45) is 11.8 Å². The van der Waals surface area contributed by atoms with Crippen molar-refractivity contribution < 1.29 is 5.11 Å². The average molecular weight is 239 g/mol. The molecule has 0 aliphatic heterocycles. The first-order chi connectivity index (χ1) is 8.30. The lowest BCUT2D eigenvalue weighted by atomic mass is 10.0. The number of hydrazine groups is 1. The molecule has 0 spiro atoms. The van der Waals surface area contributed by atoms with E-state index in [4.69, 9.17) is 10.9 Å². The second-order valence-corrected chi connectivity index (χ2v) is 3.96. The van der Waals surface area contributed by atoms with Crippen LogP contribution in [0.15, 0.2) is 12.3 Å². The molecule has 0 saturated carbocycles. The predicted octanol–water partition coefficient (Wildman–Crippen LogP) is 0.973. The molecule has 6 heteroatoms. The fraction of sp³-hybridized carbons (Fsp3) is 0.636. The third kappa shape index (κ3) is 4.97. The first kappa shape index (κ1) is 13.7. The standard InChI is InChI=1S/C11H21N5O/c1-2-3-9(5-7-17)8-14-10-4-6-13-11(15-10)16-12/h4,6,9,17H,2-3,5,7-8,12H2,1H3,(H2,13,14,15,16). The second-order valence-electron chi connectivity index (χ2n) is 3.96. The Morgan fingerprint density at radius 1 is 1.47 bits per heavy atom. The topological polar surface area (TPSA) is 96.1 Å². The van der Waals surface area contributed by atoms with Crippen LogP contribution in [-0.2, 0) is 0 Å². The molecule has 0 fully saturated rings. The lowest BCUT2D eigenvalue weighted by molar-refractivity contribution is 0.255. The Hall–Kier alpha value is -1.40. The third-order valence-corrected chi connectivity index (χ3v) is 2.59. The number of nitrogens with two attached hydrogens (primary N) is 1. The summed E-state index contributed by atoms with van der Waals surface area (Å²) in [6, 6.07) is 1.79. The predicted molar refractivity (Wildman–Crippen MR) is 68.4 cm³/mol. The Morgan fingerprint density at radius 3 is 2.94 bits per heavy atom. The normalized spacial score (nSPS) is 12.2. The fourth-order valence-electron chi connectivity index (χ4n) is 1.71. The van der Waals surface area contributed by atoms with E-state index in [-0.39, 0.29) is 6.61 Å². The maximum Gasteiger partial charge on any atom is 0.239 e. The first-order valence-electron chi connectivity index (χ1n) is 5.94. The monoisotopic (exact) mass is 239 g/mol. The van der Waals surface area contributed by atoms with E-state index in [1.807, 2.05) is 0 Å². The van der Waals surface area contributed by atoms with Crippen LogP contribution in [0.2, 0.25) is 0 Å². The molecule has 6 nitrogen and oxygen atoms in total. The van der Waals surface area contributed by atoms with Gasteiger partial charge in [-0.25, -0.2) is 10.8 Å². The van der Waals surface area contributed by atoms with Gasteiger partial charge < -0.3 is 10.4 Å². The van der Waals surface area contributed by atoms with Crippen LogP contribution in [-0.4, -0.2) is 28.2 Å². The summed E-state index contributed by atoms with van der Waals surface area (Å²) in [5.74, 6) is 6.84. The highest BCUT2D eigenvalue weighted by molar-refractivity contribution is 5.38. The van der Waals surface area contributed by atoms with Gasteiger partial charge in [0.05, 0.1) is 0 Å². The zero-order chi connectivity index (χ0) is 12.5. The summed E-state index contributed by atoms with van der Waals surface area (Å²) in [5.41, 5.74) is 2.40. The summed E-state index contributed by atoms with van der Waals surface area (Å²) in [6.07, 6.45) is 4.67. The lowest BCUT2D eigenvalue weighted by Gasteiger charge is -2.16. The fourth-order valence-corrected chi connectivity index (χ4v) is 1.71. The number of aliphatic hydroxyl groups is 1. The van der Waals surface area contributed by atoms with Gasteiger partial charge in [0.1, 0.15) is 5.82 Å². The molecule has 1 rings (SSSR count). The molecule has 0 aliphatic rings. The number of rotatable bonds is 8. The molecule has 96 valence electrons. The van der Waals surface area contributed by atoms with Crippen molar-refractivity contribution in [1.29, 1.82) is 0 Å². The zero-order valence-electron chi connectivity index (χ0n) is 10.2. The minimum absolute atomic E-state index is 0.228. The van der Waals surface area contributed by atoms with Crippen LogP contribution >= 0.6 is 0 Å². The van der Waals surface area contributed by atoms with E-state index in [0.717, 1.165) is 31.6 Å². The van der Waals surface area contributed by atoms with Crippen LogP contribution in [0.1, 0.15) is 26.2 Å². The van der Waals surface area contributed by atoms with Crippen LogP contribution in [0.5, 0.6) is 0 Å². The Kier molecular flexibility index (Phi) is 6.27. The van der Waals surface area contributed by atoms with E-state index in [9.17, 15) is 0 Å². The number of anilines is 2. The minimum Gasteiger partial charge on any atom is -0.396 e. The summed E-state index contributed by atoms with van der Waals surface area (Å²) in [6.45, 7) is 3.17. The molecule has 0 aromatic carbocycles. The number of hydrogen-bond acceptors (Lipinski definition) is 6. The van der Waals surface area contributed by atoms with Crippen molar-refractivity contribution >= 4 is 11.8 Å². The molecular formula is C11H21N5O. The molecule has 0 bridgehead atoms. The molecule has 0 aliphatic carbocycles. The first-order valence-corrected chi connectivity index (χ1v) is 5.94. The van der Waals surface area contributed by atoms with Gasteiger partial charge in [-0.2, -0.15) is 4.98 Å². The Morgan fingerprint density at radius 2 is 2.29 bits per heavy atom. The molecule has 1 aromatic heterocycles. The highest BCUT2D eigenvalue weighted by Gasteiger charge is 2.07. The molecule has 0 saturated heterocycles. The maximum absolute atomic E-state index is 8.96. The molecule has 1 aromatic rings. The Labute approximate surface area is 102 Å². The maximum atomic E-state index is 8.96. The average Bonchev–Trinajstić information content (AvgIpc) is 2.37. The van der Waals surface area contributed by atoms with Crippen molar-refractivity contribution in [3.8, 4) is 0 Å². The molecule has 5 N–H and O–H groups in total. The number of nitrogen functional groups attached to an aromatic ring is 1. The van der Waals surface area contributed by atoms with Gasteiger partial charge in [-0.1, -0.05) is 13.3 Å². The van der Waals surface area contributed by atoms with E-state index in [0.29, 0.717) is 11.9 Å². The molecule has 0 radical (unpaired) electrons. The van der Waals surface area contributed by atoms with E-state index in [1.165, 1.54) is 0 Å². The quantitative estimate of drug-likeness (QED) is 0.399. The van der Waals surface area contributed by atoms with Gasteiger partial charge in [-0.3, -0.25) is 5.43 Å². The summed E-state index contributed by atoms with van der Waals surface area (Å²) in [4.78, 5) is 8.09. The zero-order valence-corrected chi connectivity index (χ0v) is 10.2. The minimum atomic E-state index is 0.228. The second kappa shape index (κ2) is 7.81. The van der Waals surface area contributed by atoms with E-state index >= 15 is 0 Å². The van der Waals surface area contributed by atoms with Gasteiger partial charge in [-0.05, 0) is 24.8 Å². The van der Waals surface area contributed by atoms with Gasteiger partial charge in [-0.15, -0.1) is 0 Å². The van der Waals surface area contributed by atoms with Gasteiger partial charge in [0.2, 0.25) is 5.95 Å². The highest BCUT2D eigenvalue weighted by Crippen LogP contribution is 2.12. The van der Waals surface area contributed by atoms with Crippen molar-refractivity contribution in [1.82, 2.24) is 9.97 Å². The molecular weight excluding hydrogens is 218 g/mol. The van der Waals surface area contributed by atoms with Gasteiger partial charge >= 0.3 is 0 Å².